The summed E-state index contributed by atoms with van der Waals surface area (Å²) in [5.41, 5.74) is 1.88. The topological polar surface area (TPSA) is 120 Å². The number of hydrogen-bond acceptors (Lipinski definition) is 7. The predicted octanol–water partition coefficient (Wildman–Crippen LogP) is 3.53. The molecule has 2 rings (SSSR count). The number of benzene rings is 2. The van der Waals surface area contributed by atoms with Crippen LogP contribution in [0.2, 0.25) is 0 Å². The highest BCUT2D eigenvalue weighted by Crippen LogP contribution is 2.29. The fraction of sp³-hybridized carbons (Fsp3) is 0.0625. The zero-order chi connectivity index (χ0) is 19.1. The number of anilines is 1. The fourth-order valence-corrected chi connectivity index (χ4v) is 2.13. The molecule has 26 heavy (non-hydrogen) atoms. The standard InChI is InChI=1S/C16H11ClN4O5/c1-2-9-26-15-6-4-3-5-12(15)16(17)19-18-13-8-7-11(20(22)23)10-14(13)21(24)25/h1,3-8,10,18H,9H2. The summed E-state index contributed by atoms with van der Waals surface area (Å²) < 4.78 is 5.35. The first-order chi connectivity index (χ1) is 12.4. The molecule has 0 saturated carbocycles. The molecule has 10 heteroatoms. The van der Waals surface area contributed by atoms with E-state index in [1.165, 1.54) is 6.07 Å². The number of rotatable bonds is 7. The molecule has 0 spiro atoms. The lowest BCUT2D eigenvalue weighted by atomic mass is 10.2. The summed E-state index contributed by atoms with van der Waals surface area (Å²) in [5.74, 6) is 2.71. The van der Waals surface area contributed by atoms with Crippen LogP contribution < -0.4 is 10.2 Å². The van der Waals surface area contributed by atoms with Crippen molar-refractivity contribution in [3.8, 4) is 18.1 Å². The van der Waals surface area contributed by atoms with Gasteiger partial charge in [-0.25, -0.2) is 0 Å². The van der Waals surface area contributed by atoms with Crippen molar-refractivity contribution in [2.24, 2.45) is 5.10 Å². The monoisotopic (exact) mass is 374 g/mol. The van der Waals surface area contributed by atoms with Crippen LogP contribution >= 0.6 is 11.6 Å². The van der Waals surface area contributed by atoms with E-state index in [1.54, 1.807) is 24.3 Å². The molecule has 1 N–H and O–H groups in total. The summed E-state index contributed by atoms with van der Waals surface area (Å²) in [4.78, 5) is 20.4. The van der Waals surface area contributed by atoms with Crippen LogP contribution in [0.4, 0.5) is 17.1 Å². The zero-order valence-electron chi connectivity index (χ0n) is 13.1. The van der Waals surface area contributed by atoms with E-state index in [9.17, 15) is 20.2 Å². The normalized spacial score (nSPS) is 10.7. The van der Waals surface area contributed by atoms with Gasteiger partial charge < -0.3 is 4.74 Å². The van der Waals surface area contributed by atoms with Crippen molar-refractivity contribution in [2.75, 3.05) is 12.0 Å². The van der Waals surface area contributed by atoms with Crippen molar-refractivity contribution < 1.29 is 14.6 Å². The molecule has 2 aromatic carbocycles. The highest BCUT2D eigenvalue weighted by atomic mass is 35.5. The second-order valence-corrected chi connectivity index (χ2v) is 5.08. The minimum Gasteiger partial charge on any atom is -0.480 e. The Labute approximate surface area is 152 Å². The fourth-order valence-electron chi connectivity index (χ4n) is 1.93. The number of nitrogens with one attached hydrogen (secondary N) is 1. The molecule has 0 aromatic heterocycles. The van der Waals surface area contributed by atoms with E-state index < -0.39 is 21.2 Å². The smallest absolute Gasteiger partial charge is 0.301 e. The van der Waals surface area contributed by atoms with Crippen molar-refractivity contribution in [1.82, 2.24) is 0 Å². The lowest BCUT2D eigenvalue weighted by Gasteiger charge is -2.08. The molecule has 0 heterocycles. The summed E-state index contributed by atoms with van der Waals surface area (Å²) in [5, 5.41) is 25.7. The molecule has 0 fully saturated rings. The summed E-state index contributed by atoms with van der Waals surface area (Å²) >= 11 is 6.13. The van der Waals surface area contributed by atoms with Gasteiger partial charge in [0.05, 0.1) is 21.5 Å². The Morgan fingerprint density at radius 2 is 1.96 bits per heavy atom. The predicted molar refractivity (Wildman–Crippen MR) is 96.5 cm³/mol. The maximum atomic E-state index is 11.1. The van der Waals surface area contributed by atoms with Crippen molar-refractivity contribution in [1.29, 1.82) is 0 Å². The van der Waals surface area contributed by atoms with Crippen LogP contribution in [-0.2, 0) is 0 Å². The van der Waals surface area contributed by atoms with E-state index in [4.69, 9.17) is 22.8 Å². The molecule has 0 amide bonds. The van der Waals surface area contributed by atoms with Crippen LogP contribution in [0, 0.1) is 32.6 Å². The molecule has 0 atom stereocenters. The third-order valence-corrected chi connectivity index (χ3v) is 3.37. The van der Waals surface area contributed by atoms with Gasteiger partial charge in [-0.1, -0.05) is 29.7 Å². The lowest BCUT2D eigenvalue weighted by Crippen LogP contribution is -2.04. The van der Waals surface area contributed by atoms with Gasteiger partial charge in [0.2, 0.25) is 0 Å². The number of non-ortho nitro benzene ring substituents is 1. The second kappa shape index (κ2) is 8.46. The van der Waals surface area contributed by atoms with E-state index in [0.717, 1.165) is 12.1 Å². The second-order valence-electron chi connectivity index (χ2n) is 4.72. The number of hydrazone groups is 1. The van der Waals surface area contributed by atoms with Gasteiger partial charge >= 0.3 is 5.69 Å². The van der Waals surface area contributed by atoms with Crippen LogP contribution in [0.15, 0.2) is 47.6 Å². The summed E-state index contributed by atoms with van der Waals surface area (Å²) in [7, 11) is 0. The maximum Gasteiger partial charge on any atom is 0.301 e. The van der Waals surface area contributed by atoms with E-state index >= 15 is 0 Å². The molecule has 2 aromatic rings. The highest BCUT2D eigenvalue weighted by molar-refractivity contribution is 6.70. The number of nitro benzene ring substituents is 2. The van der Waals surface area contributed by atoms with Crippen molar-refractivity contribution >= 4 is 33.8 Å². The Kier molecular flexibility index (Phi) is 6.08. The van der Waals surface area contributed by atoms with E-state index in [0.29, 0.717) is 11.3 Å². The SMILES string of the molecule is C#CCOc1ccccc1C(Cl)=NNc1ccc([N+](=O)[O-])cc1[N+](=O)[O-]. The molecule has 132 valence electrons. The van der Waals surface area contributed by atoms with Crippen LogP contribution in [0.25, 0.3) is 0 Å². The van der Waals surface area contributed by atoms with E-state index in [1.807, 2.05) is 0 Å². The van der Waals surface area contributed by atoms with E-state index in [-0.39, 0.29) is 17.5 Å². The van der Waals surface area contributed by atoms with Gasteiger partial charge in [-0.3, -0.25) is 25.7 Å². The van der Waals surface area contributed by atoms with Gasteiger partial charge in [0.25, 0.3) is 5.69 Å². The average molecular weight is 375 g/mol. The number of para-hydroxylation sites is 1. The Morgan fingerprint density at radius 3 is 2.62 bits per heavy atom. The highest BCUT2D eigenvalue weighted by Gasteiger charge is 2.19. The number of nitrogens with zero attached hydrogens (tertiary/aromatic N) is 3. The molecule has 0 bridgehead atoms. The molecule has 9 nitrogen and oxygen atoms in total. The minimum absolute atomic E-state index is 0.0302. The minimum atomic E-state index is -0.761. The molecule has 0 aliphatic carbocycles. The maximum absolute atomic E-state index is 11.1. The summed E-state index contributed by atoms with van der Waals surface area (Å²) in [6, 6.07) is 9.80. The first kappa shape index (κ1) is 18.7. The third kappa shape index (κ3) is 4.46. The summed E-state index contributed by atoms with van der Waals surface area (Å²) in [6.45, 7) is 0.0302. The number of terminal acetylenes is 1. The molecule has 0 aliphatic rings. The van der Waals surface area contributed by atoms with Crippen LogP contribution in [0.5, 0.6) is 5.75 Å². The zero-order valence-corrected chi connectivity index (χ0v) is 13.8. The Bertz CT molecular complexity index is 923. The number of halogens is 1. The molecular weight excluding hydrogens is 364 g/mol. The van der Waals surface area contributed by atoms with Gasteiger partial charge in [-0.05, 0) is 18.2 Å². The molecular formula is C16H11ClN4O5. The molecule has 0 aliphatic heterocycles. The van der Waals surface area contributed by atoms with Crippen LogP contribution in [0.1, 0.15) is 5.56 Å². The first-order valence-corrected chi connectivity index (χ1v) is 7.39. The first-order valence-electron chi connectivity index (χ1n) is 7.01. The van der Waals surface area contributed by atoms with Gasteiger partial charge in [0, 0.05) is 6.07 Å². The lowest BCUT2D eigenvalue weighted by molar-refractivity contribution is -0.393. The molecule has 0 radical (unpaired) electrons. The van der Waals surface area contributed by atoms with Crippen molar-refractivity contribution in [3.63, 3.8) is 0 Å². The largest absolute Gasteiger partial charge is 0.480 e. The van der Waals surface area contributed by atoms with Gasteiger partial charge in [0.1, 0.15) is 18.0 Å². The van der Waals surface area contributed by atoms with Crippen molar-refractivity contribution in [2.45, 2.75) is 0 Å². The Balaban J connectivity index is 2.31. The molecule has 0 saturated heterocycles. The van der Waals surface area contributed by atoms with Gasteiger partial charge in [-0.2, -0.15) is 5.10 Å². The average Bonchev–Trinajstić information content (AvgIpc) is 2.64. The summed E-state index contributed by atoms with van der Waals surface area (Å²) in [6.07, 6.45) is 5.15. The molecule has 0 unspecified atom stereocenters. The van der Waals surface area contributed by atoms with E-state index in [2.05, 4.69) is 16.4 Å². The number of hydrogen-bond donors (Lipinski definition) is 1. The number of nitro groups is 2. The van der Waals surface area contributed by atoms with Gasteiger partial charge in [0.15, 0.2) is 5.17 Å². The Hall–Kier alpha value is -3.64. The third-order valence-electron chi connectivity index (χ3n) is 3.08. The van der Waals surface area contributed by atoms with Crippen LogP contribution in [-0.4, -0.2) is 21.6 Å². The van der Waals surface area contributed by atoms with Crippen molar-refractivity contribution in [3.05, 3.63) is 68.3 Å². The van der Waals surface area contributed by atoms with Crippen LogP contribution in [0.3, 0.4) is 0 Å². The number of ether oxygens (including phenoxy) is 1. The Morgan fingerprint density at radius 1 is 1.23 bits per heavy atom. The van der Waals surface area contributed by atoms with Gasteiger partial charge in [-0.15, -0.1) is 6.42 Å². The quantitative estimate of drug-likeness (QED) is 0.342.